The summed E-state index contributed by atoms with van der Waals surface area (Å²) in [6.07, 6.45) is 0.973. The molecule has 0 aromatic heterocycles. The third-order valence-corrected chi connectivity index (χ3v) is 3.11. The third-order valence-electron chi connectivity index (χ3n) is 2.52. The van der Waals surface area contributed by atoms with Gasteiger partial charge < -0.3 is 20.1 Å². The minimum absolute atomic E-state index is 0.482. The topological polar surface area (TPSA) is 47.7 Å². The zero-order chi connectivity index (χ0) is 13.5. The molecule has 0 bridgehead atoms. The molecule has 0 radical (unpaired) electrons. The predicted molar refractivity (Wildman–Crippen MR) is 77.3 cm³/mol. The van der Waals surface area contributed by atoms with Crippen LogP contribution in [-0.4, -0.2) is 39.3 Å². The predicted octanol–water partition coefficient (Wildman–Crippen LogP) is 2.25. The largest absolute Gasteiger partial charge is 0.493 e. The highest BCUT2D eigenvalue weighted by Gasteiger charge is 2.11. The molecular formula is C13H21BrN2O2. The number of benzene rings is 1. The van der Waals surface area contributed by atoms with Gasteiger partial charge in [0.05, 0.1) is 18.2 Å². The Hall–Kier alpha value is -0.780. The molecule has 0 saturated carbocycles. The van der Waals surface area contributed by atoms with Crippen LogP contribution < -0.4 is 15.2 Å². The number of hydrogen-bond acceptors (Lipinski definition) is 4. The Kier molecular flexibility index (Phi) is 6.46. The molecule has 1 aromatic carbocycles. The fourth-order valence-corrected chi connectivity index (χ4v) is 2.19. The van der Waals surface area contributed by atoms with E-state index in [1.54, 1.807) is 7.11 Å². The Morgan fingerprint density at radius 1 is 1.33 bits per heavy atom. The summed E-state index contributed by atoms with van der Waals surface area (Å²) < 4.78 is 12.0. The van der Waals surface area contributed by atoms with Crippen LogP contribution in [-0.2, 0) is 6.54 Å². The fourth-order valence-electron chi connectivity index (χ4n) is 1.59. The van der Waals surface area contributed by atoms with E-state index in [1.807, 2.05) is 26.2 Å². The molecule has 0 heterocycles. The number of rotatable bonds is 7. The molecule has 5 heteroatoms. The Labute approximate surface area is 117 Å². The first-order valence-electron chi connectivity index (χ1n) is 5.92. The van der Waals surface area contributed by atoms with Crippen molar-refractivity contribution in [2.24, 2.45) is 5.73 Å². The van der Waals surface area contributed by atoms with Gasteiger partial charge in [-0.3, -0.25) is 0 Å². The molecule has 0 aliphatic carbocycles. The van der Waals surface area contributed by atoms with Crippen molar-refractivity contribution in [1.29, 1.82) is 0 Å². The smallest absolute Gasteiger partial charge is 0.175 e. The van der Waals surface area contributed by atoms with Crippen LogP contribution in [0.25, 0.3) is 0 Å². The highest BCUT2D eigenvalue weighted by molar-refractivity contribution is 9.10. The highest BCUT2D eigenvalue weighted by atomic mass is 79.9. The van der Waals surface area contributed by atoms with Crippen molar-refractivity contribution in [3.63, 3.8) is 0 Å². The van der Waals surface area contributed by atoms with Crippen LogP contribution in [0.4, 0.5) is 0 Å². The van der Waals surface area contributed by atoms with Crippen molar-refractivity contribution < 1.29 is 9.47 Å². The van der Waals surface area contributed by atoms with Gasteiger partial charge in [0.15, 0.2) is 11.5 Å². The molecule has 0 unspecified atom stereocenters. The number of halogens is 1. The molecule has 0 saturated heterocycles. The molecule has 1 rings (SSSR count). The number of ether oxygens (including phenoxy) is 2. The SMILES string of the molecule is COc1cc(CN)cc(Br)c1OCCCN(C)C. The number of nitrogens with zero attached hydrogens (tertiary/aromatic N) is 1. The van der Waals surface area contributed by atoms with Crippen molar-refractivity contribution in [2.75, 3.05) is 34.4 Å². The summed E-state index contributed by atoms with van der Waals surface area (Å²) >= 11 is 3.49. The lowest BCUT2D eigenvalue weighted by Crippen LogP contribution is -2.15. The van der Waals surface area contributed by atoms with Gasteiger partial charge in [-0.15, -0.1) is 0 Å². The molecule has 18 heavy (non-hydrogen) atoms. The molecule has 1 aromatic rings. The van der Waals surface area contributed by atoms with Crippen molar-refractivity contribution >= 4 is 15.9 Å². The lowest BCUT2D eigenvalue weighted by Gasteiger charge is -2.15. The van der Waals surface area contributed by atoms with E-state index in [0.717, 1.165) is 34.5 Å². The lowest BCUT2D eigenvalue weighted by molar-refractivity contribution is 0.266. The van der Waals surface area contributed by atoms with Crippen LogP contribution in [0.15, 0.2) is 16.6 Å². The monoisotopic (exact) mass is 316 g/mol. The van der Waals surface area contributed by atoms with Gasteiger partial charge >= 0.3 is 0 Å². The van der Waals surface area contributed by atoms with Crippen molar-refractivity contribution in [1.82, 2.24) is 4.90 Å². The molecule has 2 N–H and O–H groups in total. The molecule has 102 valence electrons. The first-order valence-corrected chi connectivity index (χ1v) is 6.71. The molecule has 0 aliphatic rings. The molecule has 0 aliphatic heterocycles. The van der Waals surface area contributed by atoms with E-state index in [0.29, 0.717) is 13.2 Å². The summed E-state index contributed by atoms with van der Waals surface area (Å²) in [5.74, 6) is 1.46. The van der Waals surface area contributed by atoms with Crippen LogP contribution in [0.1, 0.15) is 12.0 Å². The normalized spacial score (nSPS) is 10.8. The van der Waals surface area contributed by atoms with Crippen molar-refractivity contribution in [3.8, 4) is 11.5 Å². The number of nitrogens with two attached hydrogens (primary N) is 1. The summed E-state index contributed by atoms with van der Waals surface area (Å²) in [6.45, 7) is 2.14. The molecule has 0 fully saturated rings. The minimum atomic E-state index is 0.482. The number of hydrogen-bond donors (Lipinski definition) is 1. The molecular weight excluding hydrogens is 296 g/mol. The highest BCUT2D eigenvalue weighted by Crippen LogP contribution is 2.36. The van der Waals surface area contributed by atoms with Crippen LogP contribution in [0.2, 0.25) is 0 Å². The van der Waals surface area contributed by atoms with Gasteiger partial charge in [0, 0.05) is 13.1 Å². The second-order valence-corrected chi connectivity index (χ2v) is 5.17. The second-order valence-electron chi connectivity index (χ2n) is 4.32. The average Bonchev–Trinajstić information content (AvgIpc) is 2.34. The maximum Gasteiger partial charge on any atom is 0.175 e. The van der Waals surface area contributed by atoms with Gasteiger partial charge in [-0.25, -0.2) is 0 Å². The summed E-state index contributed by atoms with van der Waals surface area (Å²) in [7, 11) is 5.73. The minimum Gasteiger partial charge on any atom is -0.493 e. The van der Waals surface area contributed by atoms with Gasteiger partial charge in [-0.05, 0) is 54.1 Å². The fraction of sp³-hybridized carbons (Fsp3) is 0.538. The average molecular weight is 317 g/mol. The first kappa shape index (κ1) is 15.3. The molecule has 0 spiro atoms. The summed E-state index contributed by atoms with van der Waals surface area (Å²) in [5, 5.41) is 0. The number of methoxy groups -OCH3 is 1. The Balaban J connectivity index is 2.69. The van der Waals surface area contributed by atoms with E-state index in [-0.39, 0.29) is 0 Å². The van der Waals surface area contributed by atoms with E-state index in [4.69, 9.17) is 15.2 Å². The van der Waals surface area contributed by atoms with Gasteiger partial charge in [0.25, 0.3) is 0 Å². The molecule has 4 nitrogen and oxygen atoms in total. The van der Waals surface area contributed by atoms with E-state index in [1.165, 1.54) is 0 Å². The quantitative estimate of drug-likeness (QED) is 0.784. The van der Waals surface area contributed by atoms with Gasteiger partial charge in [0.1, 0.15) is 0 Å². The standard InChI is InChI=1S/C13H21BrN2O2/c1-16(2)5-4-6-18-13-11(14)7-10(9-15)8-12(13)17-3/h7-8H,4-6,9,15H2,1-3H3. The summed E-state index contributed by atoms with van der Waals surface area (Å²) in [5.41, 5.74) is 6.64. The van der Waals surface area contributed by atoms with E-state index < -0.39 is 0 Å². The van der Waals surface area contributed by atoms with Crippen molar-refractivity contribution in [3.05, 3.63) is 22.2 Å². The zero-order valence-electron chi connectivity index (χ0n) is 11.2. The van der Waals surface area contributed by atoms with Crippen LogP contribution >= 0.6 is 15.9 Å². The molecule has 0 amide bonds. The third kappa shape index (κ3) is 4.48. The van der Waals surface area contributed by atoms with Gasteiger partial charge in [-0.2, -0.15) is 0 Å². The van der Waals surface area contributed by atoms with Crippen molar-refractivity contribution in [2.45, 2.75) is 13.0 Å². The van der Waals surface area contributed by atoms with Crippen LogP contribution in [0.5, 0.6) is 11.5 Å². The maximum atomic E-state index is 5.77. The Bertz CT molecular complexity index is 383. The van der Waals surface area contributed by atoms with Crippen LogP contribution in [0.3, 0.4) is 0 Å². The lowest BCUT2D eigenvalue weighted by atomic mass is 10.2. The summed E-state index contributed by atoms with van der Waals surface area (Å²) in [4.78, 5) is 2.13. The maximum absolute atomic E-state index is 5.77. The molecule has 0 atom stereocenters. The van der Waals surface area contributed by atoms with E-state index >= 15 is 0 Å². The van der Waals surface area contributed by atoms with Gasteiger partial charge in [0.2, 0.25) is 0 Å². The van der Waals surface area contributed by atoms with E-state index in [9.17, 15) is 0 Å². The van der Waals surface area contributed by atoms with E-state index in [2.05, 4.69) is 20.8 Å². The first-order chi connectivity index (χ1) is 8.58. The Morgan fingerprint density at radius 3 is 2.61 bits per heavy atom. The second kappa shape index (κ2) is 7.61. The zero-order valence-corrected chi connectivity index (χ0v) is 12.8. The van der Waals surface area contributed by atoms with Gasteiger partial charge in [-0.1, -0.05) is 0 Å². The summed E-state index contributed by atoms with van der Waals surface area (Å²) in [6, 6.07) is 3.87. The Morgan fingerprint density at radius 2 is 2.06 bits per heavy atom. The van der Waals surface area contributed by atoms with Crippen LogP contribution in [0, 0.1) is 0 Å².